The summed E-state index contributed by atoms with van der Waals surface area (Å²) >= 11 is 22.3. The van der Waals surface area contributed by atoms with Crippen LogP contribution in [-0.4, -0.2) is 24.6 Å². The van der Waals surface area contributed by atoms with Crippen LogP contribution in [-0.2, 0) is 67.6 Å². The summed E-state index contributed by atoms with van der Waals surface area (Å²) in [5, 5.41) is -2.71. The van der Waals surface area contributed by atoms with Gasteiger partial charge in [0.25, 0.3) is 0 Å². The SMILES string of the molecule is CCCCCCP(=S)([S-])CCCCCC.CCCCCCP(=S)([S-])CCCCCC.[Zn+2]. The molecule has 0 fully saturated rings. The van der Waals surface area contributed by atoms with Gasteiger partial charge in [0.05, 0.1) is 0 Å². The molecule has 0 atom stereocenters. The normalized spacial score (nSPS) is 11.5. The Morgan fingerprint density at radius 3 is 0.774 bits per heavy atom. The average Bonchev–Trinajstić information content (AvgIpc) is 2.70. The van der Waals surface area contributed by atoms with Crippen molar-refractivity contribution in [2.24, 2.45) is 0 Å². The molecule has 0 aliphatic carbocycles. The fourth-order valence-corrected chi connectivity index (χ4v) is 9.71. The van der Waals surface area contributed by atoms with Crippen LogP contribution in [0.3, 0.4) is 0 Å². The quantitative estimate of drug-likeness (QED) is 0.0594. The summed E-state index contributed by atoms with van der Waals surface area (Å²) in [6.07, 6.45) is 25.7. The molecule has 0 rings (SSSR count). The van der Waals surface area contributed by atoms with Crippen LogP contribution in [0.25, 0.3) is 0 Å². The minimum atomic E-state index is -1.36. The largest absolute Gasteiger partial charge is 2.00 e. The van der Waals surface area contributed by atoms with Gasteiger partial charge in [0.2, 0.25) is 0 Å². The first-order valence-corrected chi connectivity index (χ1v) is 21.2. The number of unbranched alkanes of at least 4 members (excludes halogenated alkanes) is 12. The van der Waals surface area contributed by atoms with Crippen LogP contribution < -0.4 is 0 Å². The Kier molecular flexibility index (Phi) is 33.5. The van der Waals surface area contributed by atoms with E-state index in [1.807, 2.05) is 0 Å². The fraction of sp³-hybridized carbons (Fsp3) is 1.00. The van der Waals surface area contributed by atoms with E-state index in [0.29, 0.717) is 0 Å². The van der Waals surface area contributed by atoms with Crippen LogP contribution in [0.4, 0.5) is 0 Å². The Hall–Kier alpha value is 2.62. The molecule has 0 radical (unpaired) electrons. The van der Waals surface area contributed by atoms with Crippen molar-refractivity contribution < 1.29 is 19.5 Å². The van der Waals surface area contributed by atoms with E-state index in [2.05, 4.69) is 27.7 Å². The van der Waals surface area contributed by atoms with Crippen LogP contribution in [0.2, 0.25) is 0 Å². The number of rotatable bonds is 20. The molecule has 0 saturated heterocycles. The van der Waals surface area contributed by atoms with Gasteiger partial charge in [-0.25, -0.2) is 0 Å². The summed E-state index contributed by atoms with van der Waals surface area (Å²) in [7, 11) is 0. The molecular formula is C24H52P2S4Zn. The van der Waals surface area contributed by atoms with Crippen molar-refractivity contribution in [3.05, 3.63) is 0 Å². The Bertz CT molecular complexity index is 375. The molecule has 0 aromatic carbocycles. The molecule has 0 bridgehead atoms. The van der Waals surface area contributed by atoms with Crippen LogP contribution >= 0.6 is 10.5 Å². The van der Waals surface area contributed by atoms with E-state index in [1.165, 1.54) is 127 Å². The third-order valence-corrected chi connectivity index (χ3v) is 13.8. The maximum atomic E-state index is 5.57. The molecule has 0 aromatic rings. The van der Waals surface area contributed by atoms with Gasteiger partial charge in [-0.2, -0.15) is 10.5 Å². The third kappa shape index (κ3) is 32.6. The van der Waals surface area contributed by atoms with Crippen molar-refractivity contribution >= 4 is 58.6 Å². The summed E-state index contributed by atoms with van der Waals surface area (Å²) in [5.41, 5.74) is 0. The molecule has 0 N–H and O–H groups in total. The van der Waals surface area contributed by atoms with E-state index in [4.69, 9.17) is 48.1 Å². The maximum absolute atomic E-state index is 5.57. The van der Waals surface area contributed by atoms with Crippen molar-refractivity contribution in [3.8, 4) is 0 Å². The summed E-state index contributed by atoms with van der Waals surface area (Å²) in [6, 6.07) is 0. The van der Waals surface area contributed by atoms with Gasteiger partial charge in [-0.1, -0.05) is 130 Å². The van der Waals surface area contributed by atoms with Gasteiger partial charge in [0, 0.05) is 0 Å². The summed E-state index contributed by atoms with van der Waals surface area (Å²) < 4.78 is 0. The smallest absolute Gasteiger partial charge is 0.746 e. The van der Waals surface area contributed by atoms with Crippen LogP contribution in [0.1, 0.15) is 130 Å². The molecule has 0 amide bonds. The molecule has 0 unspecified atom stereocenters. The molecule has 0 spiro atoms. The van der Waals surface area contributed by atoms with Gasteiger partial charge in [-0.3, -0.25) is 0 Å². The minimum absolute atomic E-state index is 0. The van der Waals surface area contributed by atoms with E-state index in [-0.39, 0.29) is 19.5 Å². The topological polar surface area (TPSA) is 0 Å². The Morgan fingerprint density at radius 2 is 0.613 bits per heavy atom. The summed E-state index contributed by atoms with van der Waals surface area (Å²) in [5.74, 6) is 0. The predicted molar refractivity (Wildman–Crippen MR) is 159 cm³/mol. The van der Waals surface area contributed by atoms with Crippen molar-refractivity contribution in [1.82, 2.24) is 0 Å². The molecule has 0 aliphatic heterocycles. The van der Waals surface area contributed by atoms with Gasteiger partial charge in [0.15, 0.2) is 0 Å². The van der Waals surface area contributed by atoms with Gasteiger partial charge < -0.3 is 24.5 Å². The zero-order valence-corrected chi connectivity index (χ0v) is 29.4. The second-order valence-corrected chi connectivity index (χ2v) is 23.6. The van der Waals surface area contributed by atoms with Crippen LogP contribution in [0, 0.1) is 0 Å². The molecule has 0 aliphatic rings. The maximum Gasteiger partial charge on any atom is 2.00 e. The second kappa shape index (κ2) is 27.2. The van der Waals surface area contributed by atoms with E-state index in [1.54, 1.807) is 0 Å². The van der Waals surface area contributed by atoms with Crippen molar-refractivity contribution in [3.63, 3.8) is 0 Å². The summed E-state index contributed by atoms with van der Waals surface area (Å²) in [4.78, 5) is 0. The van der Waals surface area contributed by atoms with Gasteiger partial charge >= 0.3 is 19.5 Å². The Balaban J connectivity index is -0.000000490. The van der Waals surface area contributed by atoms with Crippen molar-refractivity contribution in [2.45, 2.75) is 130 Å². The summed E-state index contributed by atoms with van der Waals surface area (Å²) in [6.45, 7) is 8.98. The molecule has 7 heteroatoms. The predicted octanol–water partition coefficient (Wildman–Crippen LogP) is 10.2. The molecular weight excluding hydrogens is 544 g/mol. The third-order valence-electron chi connectivity index (χ3n) is 5.41. The first-order valence-electron chi connectivity index (χ1n) is 12.8. The van der Waals surface area contributed by atoms with E-state index in [0.717, 1.165) is 0 Å². The molecule has 0 aromatic heterocycles. The van der Waals surface area contributed by atoms with Gasteiger partial charge in [-0.05, 0) is 24.6 Å². The van der Waals surface area contributed by atoms with Crippen molar-refractivity contribution in [2.75, 3.05) is 24.6 Å². The van der Waals surface area contributed by atoms with E-state index < -0.39 is 10.5 Å². The van der Waals surface area contributed by atoms with Gasteiger partial charge in [0.1, 0.15) is 0 Å². The average molecular weight is 596 g/mol. The van der Waals surface area contributed by atoms with Crippen molar-refractivity contribution in [1.29, 1.82) is 0 Å². The van der Waals surface area contributed by atoms with E-state index in [9.17, 15) is 0 Å². The first kappa shape index (κ1) is 38.2. The second-order valence-electron chi connectivity index (χ2n) is 8.77. The molecule has 184 valence electrons. The molecule has 31 heavy (non-hydrogen) atoms. The first-order chi connectivity index (χ1) is 14.2. The fourth-order valence-electron chi connectivity index (χ4n) is 3.34. The van der Waals surface area contributed by atoms with E-state index >= 15 is 0 Å². The minimum Gasteiger partial charge on any atom is -0.746 e. The number of hydrogen-bond acceptors (Lipinski definition) is 4. The standard InChI is InChI=1S/2C12H27PS2.Zn/c2*1-3-5-7-9-11-13(14,15)12-10-8-6-4-2;/h2*3-12H2,1-2H3,(H,14,15);/q;;+2/p-2. The zero-order chi connectivity index (χ0) is 23.1. The molecule has 0 saturated carbocycles. The number of hydrogen-bond donors (Lipinski definition) is 0. The van der Waals surface area contributed by atoms with Gasteiger partial charge in [-0.15, -0.1) is 23.6 Å². The molecule has 0 nitrogen and oxygen atoms in total. The Labute approximate surface area is 231 Å². The van der Waals surface area contributed by atoms with Crippen LogP contribution in [0.15, 0.2) is 0 Å². The molecule has 0 heterocycles. The monoisotopic (exact) mass is 594 g/mol. The zero-order valence-electron chi connectivity index (χ0n) is 21.4. The van der Waals surface area contributed by atoms with Crippen LogP contribution in [0.5, 0.6) is 0 Å². The Morgan fingerprint density at radius 1 is 0.419 bits per heavy atom.